The molecule has 2 aliphatic rings. The van der Waals surface area contributed by atoms with Crippen LogP contribution in [0.5, 0.6) is 0 Å². The number of aromatic nitrogens is 1. The standard InChI is InChI=1S/C17H12N4O3/c22-15(10-5-4-8-18-9-10)13-12-14(20-19-13)17(24)21(16(12)23)11-6-2-1-3-7-11/h1-9,12,14,20H. The molecule has 1 aromatic heterocycles. The number of benzene rings is 1. The Labute approximate surface area is 137 Å². The fourth-order valence-electron chi connectivity index (χ4n) is 2.95. The number of para-hydroxylation sites is 1. The van der Waals surface area contributed by atoms with Crippen LogP contribution in [0, 0.1) is 5.92 Å². The van der Waals surface area contributed by atoms with Gasteiger partial charge < -0.3 is 0 Å². The van der Waals surface area contributed by atoms with Gasteiger partial charge in [-0.25, -0.2) is 4.90 Å². The van der Waals surface area contributed by atoms with Gasteiger partial charge in [-0.3, -0.25) is 24.8 Å². The average Bonchev–Trinajstić information content (AvgIpc) is 3.17. The van der Waals surface area contributed by atoms with Crippen molar-refractivity contribution in [1.82, 2.24) is 10.4 Å². The number of imide groups is 1. The number of Topliss-reactive ketones (excluding diaryl/α,β-unsaturated/α-hetero) is 1. The van der Waals surface area contributed by atoms with Gasteiger partial charge in [-0.15, -0.1) is 0 Å². The van der Waals surface area contributed by atoms with Crippen LogP contribution in [-0.2, 0) is 9.59 Å². The Morgan fingerprint density at radius 2 is 1.83 bits per heavy atom. The van der Waals surface area contributed by atoms with Crippen molar-refractivity contribution in [3.8, 4) is 0 Å². The van der Waals surface area contributed by atoms with E-state index in [4.69, 9.17) is 0 Å². The maximum atomic E-state index is 12.8. The van der Waals surface area contributed by atoms with Crippen molar-refractivity contribution in [2.24, 2.45) is 11.0 Å². The van der Waals surface area contributed by atoms with Gasteiger partial charge in [0.2, 0.25) is 11.7 Å². The number of hydrogen-bond donors (Lipinski definition) is 1. The van der Waals surface area contributed by atoms with Crippen LogP contribution in [0.3, 0.4) is 0 Å². The molecule has 0 radical (unpaired) electrons. The highest BCUT2D eigenvalue weighted by atomic mass is 16.2. The molecule has 1 N–H and O–H groups in total. The highest BCUT2D eigenvalue weighted by molar-refractivity contribution is 6.52. The molecule has 2 amide bonds. The summed E-state index contributed by atoms with van der Waals surface area (Å²) < 4.78 is 0. The Kier molecular flexibility index (Phi) is 3.19. The van der Waals surface area contributed by atoms with E-state index >= 15 is 0 Å². The zero-order chi connectivity index (χ0) is 16.7. The number of ketones is 1. The molecule has 2 aliphatic heterocycles. The number of hydrogen-bond acceptors (Lipinski definition) is 6. The minimum atomic E-state index is -0.912. The maximum Gasteiger partial charge on any atom is 0.259 e. The number of anilines is 1. The number of hydrazone groups is 1. The summed E-state index contributed by atoms with van der Waals surface area (Å²) in [5.74, 6) is -2.17. The Morgan fingerprint density at radius 1 is 1.04 bits per heavy atom. The lowest BCUT2D eigenvalue weighted by Gasteiger charge is -2.15. The quantitative estimate of drug-likeness (QED) is 0.666. The highest BCUT2D eigenvalue weighted by Crippen LogP contribution is 2.31. The van der Waals surface area contributed by atoms with E-state index in [0.717, 1.165) is 4.90 Å². The van der Waals surface area contributed by atoms with Crippen LogP contribution >= 0.6 is 0 Å². The van der Waals surface area contributed by atoms with Gasteiger partial charge in [0.1, 0.15) is 17.7 Å². The second-order valence-corrected chi connectivity index (χ2v) is 5.50. The molecule has 118 valence electrons. The average molecular weight is 320 g/mol. The van der Waals surface area contributed by atoms with Crippen molar-refractivity contribution in [1.29, 1.82) is 0 Å². The first-order chi connectivity index (χ1) is 11.7. The predicted molar refractivity (Wildman–Crippen MR) is 85.4 cm³/mol. The number of nitrogens with zero attached hydrogens (tertiary/aromatic N) is 3. The van der Waals surface area contributed by atoms with Crippen molar-refractivity contribution in [2.75, 3.05) is 4.90 Å². The van der Waals surface area contributed by atoms with E-state index in [2.05, 4.69) is 15.5 Å². The van der Waals surface area contributed by atoms with Crippen molar-refractivity contribution in [3.63, 3.8) is 0 Å². The van der Waals surface area contributed by atoms with Gasteiger partial charge in [-0.2, -0.15) is 5.10 Å². The number of amides is 2. The maximum absolute atomic E-state index is 12.8. The first-order valence-corrected chi connectivity index (χ1v) is 7.39. The van der Waals surface area contributed by atoms with Crippen LogP contribution in [0.4, 0.5) is 5.69 Å². The second kappa shape index (κ2) is 5.38. The van der Waals surface area contributed by atoms with Gasteiger partial charge in [0, 0.05) is 18.0 Å². The molecule has 3 heterocycles. The minimum Gasteiger partial charge on any atom is -0.296 e. The number of pyridine rings is 1. The van der Waals surface area contributed by atoms with Gasteiger partial charge in [-0.1, -0.05) is 18.2 Å². The van der Waals surface area contributed by atoms with Gasteiger partial charge >= 0.3 is 0 Å². The van der Waals surface area contributed by atoms with Gasteiger partial charge in [0.25, 0.3) is 5.91 Å². The SMILES string of the molecule is O=C(C1=NNC2C(=O)N(c3ccccc3)C(=O)C12)c1cccnc1. The van der Waals surface area contributed by atoms with Crippen LogP contribution < -0.4 is 10.3 Å². The lowest BCUT2D eigenvalue weighted by molar-refractivity contribution is -0.122. The molecule has 0 aliphatic carbocycles. The van der Waals surface area contributed by atoms with Crippen LogP contribution in [0.15, 0.2) is 60.0 Å². The molecule has 1 saturated heterocycles. The molecule has 0 saturated carbocycles. The molecule has 7 heteroatoms. The largest absolute Gasteiger partial charge is 0.296 e. The molecule has 24 heavy (non-hydrogen) atoms. The molecule has 1 fully saturated rings. The Balaban J connectivity index is 1.68. The summed E-state index contributed by atoms with van der Waals surface area (Å²) in [4.78, 5) is 42.9. The fourth-order valence-corrected chi connectivity index (χ4v) is 2.95. The number of carbonyl (C=O) groups excluding carboxylic acids is 3. The lowest BCUT2D eigenvalue weighted by atomic mass is 9.93. The zero-order valence-corrected chi connectivity index (χ0v) is 12.4. The second-order valence-electron chi connectivity index (χ2n) is 5.50. The number of carbonyl (C=O) groups is 3. The number of nitrogens with one attached hydrogen (secondary N) is 1. The third kappa shape index (κ3) is 2.02. The van der Waals surface area contributed by atoms with E-state index in [0.29, 0.717) is 11.3 Å². The molecule has 7 nitrogen and oxygen atoms in total. The highest BCUT2D eigenvalue weighted by Gasteiger charge is 2.55. The van der Waals surface area contributed by atoms with Gasteiger partial charge in [0.05, 0.1) is 5.69 Å². The smallest absolute Gasteiger partial charge is 0.259 e. The van der Waals surface area contributed by atoms with Crippen LogP contribution in [0.25, 0.3) is 0 Å². The van der Waals surface area contributed by atoms with Gasteiger partial charge in [0.15, 0.2) is 0 Å². The number of fused-ring (bicyclic) bond motifs is 1. The van der Waals surface area contributed by atoms with Crippen LogP contribution in [0.2, 0.25) is 0 Å². The first-order valence-electron chi connectivity index (χ1n) is 7.39. The topological polar surface area (TPSA) is 91.7 Å². The van der Waals surface area contributed by atoms with E-state index in [1.54, 1.807) is 48.7 Å². The predicted octanol–water partition coefficient (Wildman–Crippen LogP) is 0.782. The zero-order valence-electron chi connectivity index (χ0n) is 12.4. The molecule has 0 spiro atoms. The third-order valence-electron chi connectivity index (χ3n) is 4.10. The Morgan fingerprint density at radius 3 is 2.54 bits per heavy atom. The molecule has 4 rings (SSSR count). The monoisotopic (exact) mass is 320 g/mol. The molecular formula is C17H12N4O3. The molecule has 2 atom stereocenters. The summed E-state index contributed by atoms with van der Waals surface area (Å²) in [6.45, 7) is 0. The summed E-state index contributed by atoms with van der Waals surface area (Å²) in [6, 6.07) is 11.0. The molecule has 2 aromatic rings. The summed E-state index contributed by atoms with van der Waals surface area (Å²) in [7, 11) is 0. The van der Waals surface area contributed by atoms with Crippen molar-refractivity contribution in [3.05, 3.63) is 60.4 Å². The van der Waals surface area contributed by atoms with E-state index in [1.807, 2.05) is 0 Å². The van der Waals surface area contributed by atoms with Crippen molar-refractivity contribution < 1.29 is 14.4 Å². The van der Waals surface area contributed by atoms with Gasteiger partial charge in [-0.05, 0) is 24.3 Å². The van der Waals surface area contributed by atoms with Crippen molar-refractivity contribution >= 4 is 29.0 Å². The molecule has 1 aromatic carbocycles. The molecular weight excluding hydrogens is 308 g/mol. The van der Waals surface area contributed by atoms with E-state index in [1.165, 1.54) is 6.20 Å². The summed E-state index contributed by atoms with van der Waals surface area (Å²) in [5.41, 5.74) is 3.49. The van der Waals surface area contributed by atoms with Crippen LogP contribution in [0.1, 0.15) is 10.4 Å². The van der Waals surface area contributed by atoms with E-state index < -0.39 is 29.6 Å². The molecule has 0 bridgehead atoms. The van der Waals surface area contributed by atoms with E-state index in [-0.39, 0.29) is 5.71 Å². The third-order valence-corrected chi connectivity index (χ3v) is 4.10. The van der Waals surface area contributed by atoms with E-state index in [9.17, 15) is 14.4 Å². The summed E-state index contributed by atoms with van der Waals surface area (Å²) in [5, 5.41) is 3.95. The van der Waals surface area contributed by atoms with Crippen molar-refractivity contribution in [2.45, 2.75) is 6.04 Å². The lowest BCUT2D eigenvalue weighted by Crippen LogP contribution is -2.36. The summed E-state index contributed by atoms with van der Waals surface area (Å²) >= 11 is 0. The van der Waals surface area contributed by atoms with Crippen LogP contribution in [-0.4, -0.2) is 34.3 Å². The first kappa shape index (κ1) is 14.3. The minimum absolute atomic E-state index is 0.0461. The summed E-state index contributed by atoms with van der Waals surface area (Å²) in [6.07, 6.45) is 2.96. The Bertz CT molecular complexity index is 864. The molecule has 2 unspecified atom stereocenters. The number of rotatable bonds is 3. The fraction of sp³-hybridized carbons (Fsp3) is 0.118. The normalized spacial score (nSPS) is 22.2. The Hall–Kier alpha value is -3.35.